The molecule has 2 aromatic carbocycles. The van der Waals surface area contributed by atoms with E-state index in [1.807, 2.05) is 26.1 Å². The van der Waals surface area contributed by atoms with E-state index in [1.54, 1.807) is 48.2 Å². The Morgan fingerprint density at radius 2 is 1.69 bits per heavy atom. The zero-order valence-electron chi connectivity index (χ0n) is 21.1. The second-order valence-electron chi connectivity index (χ2n) is 9.73. The minimum Gasteiger partial charge on any atom is -0.352 e. The molecule has 1 heterocycles. The topological polar surface area (TPSA) is 90.9 Å². The van der Waals surface area contributed by atoms with Crippen LogP contribution >= 0.6 is 11.8 Å². The van der Waals surface area contributed by atoms with Crippen LogP contribution in [0.3, 0.4) is 0 Å². The average Bonchev–Trinajstić information content (AvgIpc) is 3.03. The van der Waals surface area contributed by atoms with Gasteiger partial charge in [0.05, 0.1) is 10.9 Å². The summed E-state index contributed by atoms with van der Waals surface area (Å²) in [4.78, 5) is 20.0. The van der Waals surface area contributed by atoms with Gasteiger partial charge in [0.2, 0.25) is 5.91 Å². The van der Waals surface area contributed by atoms with Crippen LogP contribution in [0.15, 0.2) is 58.4 Å². The number of anilines is 1. The van der Waals surface area contributed by atoms with Crippen LogP contribution in [0, 0.1) is 6.92 Å². The molecule has 0 aromatic heterocycles. The molecule has 36 heavy (non-hydrogen) atoms. The van der Waals surface area contributed by atoms with Crippen molar-refractivity contribution in [2.24, 2.45) is 4.99 Å². The largest absolute Gasteiger partial charge is 0.352 e. The predicted molar refractivity (Wildman–Crippen MR) is 148 cm³/mol. The molecule has 1 amide bonds. The lowest BCUT2D eigenvalue weighted by Gasteiger charge is -2.21. The number of carbonyl (C=O) groups is 1. The summed E-state index contributed by atoms with van der Waals surface area (Å²) in [5.74, 6) is 0.887. The van der Waals surface area contributed by atoms with E-state index in [0.717, 1.165) is 22.0 Å². The van der Waals surface area contributed by atoms with Crippen LogP contribution in [0.5, 0.6) is 0 Å². The Kier molecular flexibility index (Phi) is 8.95. The molecule has 0 spiro atoms. The molecule has 0 radical (unpaired) electrons. The third kappa shape index (κ3) is 7.26. The molecule has 1 saturated carbocycles. The van der Waals surface area contributed by atoms with Gasteiger partial charge in [-0.15, -0.1) is 0 Å². The standard InChI is InChI=1S/C27H36N4O3S2/c1-20-9-15-25(16-10-20)36(33,34)30-23-13-11-21(12-14-23)18-28-26(32)17-24-19-35-27(31(24)2)29-22-7-5-3-4-6-8-22/h9-16,22,24,30H,3-8,17-19H2,1-2H3,(H,28,32). The fourth-order valence-corrected chi connectivity index (χ4v) is 6.83. The maximum Gasteiger partial charge on any atom is 0.261 e. The minimum absolute atomic E-state index is 0.00677. The van der Waals surface area contributed by atoms with Crippen molar-refractivity contribution in [1.29, 1.82) is 0 Å². The number of benzene rings is 2. The minimum atomic E-state index is -3.64. The quantitative estimate of drug-likeness (QED) is 0.474. The SMILES string of the molecule is Cc1ccc(S(=O)(=O)Nc2ccc(CNC(=O)CC3CSC(=NC4CCCCCC4)N3C)cc2)cc1. The molecule has 1 atom stereocenters. The molecular weight excluding hydrogens is 492 g/mol. The summed E-state index contributed by atoms with van der Waals surface area (Å²) in [6.45, 7) is 2.31. The summed E-state index contributed by atoms with van der Waals surface area (Å²) in [6.07, 6.45) is 7.95. The second kappa shape index (κ2) is 12.1. The summed E-state index contributed by atoms with van der Waals surface area (Å²) in [5.41, 5.74) is 2.39. The highest BCUT2D eigenvalue weighted by Gasteiger charge is 2.29. The smallest absolute Gasteiger partial charge is 0.261 e. The number of hydrogen-bond donors (Lipinski definition) is 2. The third-order valence-electron chi connectivity index (χ3n) is 6.82. The molecular formula is C27H36N4O3S2. The van der Waals surface area contributed by atoms with Crippen molar-refractivity contribution in [1.82, 2.24) is 10.2 Å². The van der Waals surface area contributed by atoms with Crippen LogP contribution in [0.2, 0.25) is 0 Å². The van der Waals surface area contributed by atoms with Crippen molar-refractivity contribution in [2.45, 2.75) is 75.4 Å². The van der Waals surface area contributed by atoms with Crippen LogP contribution in [-0.2, 0) is 21.4 Å². The fourth-order valence-electron chi connectivity index (χ4n) is 4.52. The van der Waals surface area contributed by atoms with E-state index in [4.69, 9.17) is 4.99 Å². The maximum atomic E-state index is 12.6. The van der Waals surface area contributed by atoms with Crippen molar-refractivity contribution >= 4 is 38.5 Å². The normalized spacial score (nSPS) is 20.3. The molecule has 7 nitrogen and oxygen atoms in total. The summed E-state index contributed by atoms with van der Waals surface area (Å²) in [7, 11) is -1.59. The summed E-state index contributed by atoms with van der Waals surface area (Å²) < 4.78 is 27.7. The molecule has 1 unspecified atom stereocenters. The summed E-state index contributed by atoms with van der Waals surface area (Å²) >= 11 is 1.76. The molecule has 0 bridgehead atoms. The van der Waals surface area contributed by atoms with Crippen LogP contribution in [0.4, 0.5) is 5.69 Å². The van der Waals surface area contributed by atoms with E-state index in [0.29, 0.717) is 24.7 Å². The molecule has 1 aliphatic heterocycles. The predicted octanol–water partition coefficient (Wildman–Crippen LogP) is 4.93. The molecule has 2 N–H and O–H groups in total. The lowest BCUT2D eigenvalue weighted by Crippen LogP contribution is -2.36. The van der Waals surface area contributed by atoms with Crippen LogP contribution in [-0.4, -0.2) is 49.3 Å². The summed E-state index contributed by atoms with van der Waals surface area (Å²) in [5, 5.41) is 4.07. The van der Waals surface area contributed by atoms with Gasteiger partial charge >= 0.3 is 0 Å². The Labute approximate surface area is 219 Å². The Hall–Kier alpha value is -2.52. The molecule has 4 rings (SSSR count). The fraction of sp³-hybridized carbons (Fsp3) is 0.481. The molecule has 1 aliphatic carbocycles. The van der Waals surface area contributed by atoms with E-state index < -0.39 is 10.0 Å². The number of aryl methyl sites for hydroxylation is 1. The van der Waals surface area contributed by atoms with Gasteiger partial charge in [-0.25, -0.2) is 8.42 Å². The number of hydrogen-bond acceptors (Lipinski definition) is 5. The first kappa shape index (κ1) is 26.5. The summed E-state index contributed by atoms with van der Waals surface area (Å²) in [6, 6.07) is 14.4. The van der Waals surface area contributed by atoms with Crippen molar-refractivity contribution < 1.29 is 13.2 Å². The number of amides is 1. The zero-order chi connectivity index (χ0) is 25.5. The van der Waals surface area contributed by atoms with E-state index in [1.165, 1.54) is 38.5 Å². The Balaban J connectivity index is 1.25. The number of rotatable bonds is 8. The van der Waals surface area contributed by atoms with Gasteiger partial charge in [-0.2, -0.15) is 0 Å². The number of nitrogens with zero attached hydrogens (tertiary/aromatic N) is 2. The van der Waals surface area contributed by atoms with Crippen molar-refractivity contribution in [3.8, 4) is 0 Å². The van der Waals surface area contributed by atoms with Gasteiger partial charge in [0.15, 0.2) is 5.17 Å². The number of aliphatic imine (C=N–C) groups is 1. The molecule has 2 aliphatic rings. The highest BCUT2D eigenvalue weighted by molar-refractivity contribution is 8.14. The lowest BCUT2D eigenvalue weighted by atomic mass is 10.1. The average molecular weight is 529 g/mol. The third-order valence-corrected chi connectivity index (χ3v) is 9.42. The van der Waals surface area contributed by atoms with Crippen molar-refractivity contribution in [2.75, 3.05) is 17.5 Å². The first-order valence-electron chi connectivity index (χ1n) is 12.7. The van der Waals surface area contributed by atoms with Crippen LogP contribution < -0.4 is 10.0 Å². The van der Waals surface area contributed by atoms with E-state index in [9.17, 15) is 13.2 Å². The highest BCUT2D eigenvalue weighted by atomic mass is 32.2. The molecule has 2 aromatic rings. The first-order chi connectivity index (χ1) is 17.3. The first-order valence-corrected chi connectivity index (χ1v) is 15.2. The zero-order valence-corrected chi connectivity index (χ0v) is 22.7. The van der Waals surface area contributed by atoms with Gasteiger partial charge in [-0.05, 0) is 49.6 Å². The Morgan fingerprint density at radius 3 is 2.36 bits per heavy atom. The van der Waals surface area contributed by atoms with E-state index >= 15 is 0 Å². The molecule has 194 valence electrons. The van der Waals surface area contributed by atoms with Gasteiger partial charge in [0.25, 0.3) is 10.0 Å². The van der Waals surface area contributed by atoms with Gasteiger partial charge in [-0.3, -0.25) is 14.5 Å². The highest BCUT2D eigenvalue weighted by Crippen LogP contribution is 2.28. The van der Waals surface area contributed by atoms with Gasteiger partial charge in [-0.1, -0.05) is 67.3 Å². The molecule has 2 fully saturated rings. The van der Waals surface area contributed by atoms with Gasteiger partial charge < -0.3 is 10.2 Å². The number of carbonyl (C=O) groups excluding carboxylic acids is 1. The van der Waals surface area contributed by atoms with E-state index in [-0.39, 0.29) is 16.8 Å². The number of thioether (sulfide) groups is 1. The van der Waals surface area contributed by atoms with Crippen molar-refractivity contribution in [3.63, 3.8) is 0 Å². The van der Waals surface area contributed by atoms with Crippen LogP contribution in [0.1, 0.15) is 56.1 Å². The lowest BCUT2D eigenvalue weighted by molar-refractivity contribution is -0.121. The van der Waals surface area contributed by atoms with Crippen LogP contribution in [0.25, 0.3) is 0 Å². The van der Waals surface area contributed by atoms with Gasteiger partial charge in [0.1, 0.15) is 0 Å². The maximum absolute atomic E-state index is 12.6. The van der Waals surface area contributed by atoms with E-state index in [2.05, 4.69) is 14.9 Å². The second-order valence-corrected chi connectivity index (χ2v) is 12.4. The Morgan fingerprint density at radius 1 is 1.03 bits per heavy atom. The van der Waals surface area contributed by atoms with Gasteiger partial charge in [0, 0.05) is 37.5 Å². The number of sulfonamides is 1. The molecule has 9 heteroatoms. The van der Waals surface area contributed by atoms with Crippen molar-refractivity contribution in [3.05, 3.63) is 59.7 Å². The molecule has 1 saturated heterocycles. The Bertz CT molecular complexity index is 1160. The number of amidine groups is 1. The number of nitrogens with one attached hydrogen (secondary N) is 2. The monoisotopic (exact) mass is 528 g/mol.